The molecule has 0 aromatic heterocycles. The summed E-state index contributed by atoms with van der Waals surface area (Å²) in [5.74, 6) is 0.544. The molecule has 8 heteroatoms. The fourth-order valence-corrected chi connectivity index (χ4v) is 3.53. The fraction of sp³-hybridized carbons (Fsp3) is 0.350. The first-order valence-electron chi connectivity index (χ1n) is 9.05. The van der Waals surface area contributed by atoms with E-state index in [4.69, 9.17) is 9.47 Å². The van der Waals surface area contributed by atoms with Crippen molar-refractivity contribution in [3.63, 3.8) is 0 Å². The first kappa shape index (κ1) is 21.9. The van der Waals surface area contributed by atoms with Gasteiger partial charge >= 0.3 is 0 Å². The molecule has 2 aromatic rings. The lowest BCUT2D eigenvalue weighted by Gasteiger charge is -2.09. The van der Waals surface area contributed by atoms with Gasteiger partial charge < -0.3 is 14.8 Å². The van der Waals surface area contributed by atoms with Gasteiger partial charge in [0.1, 0.15) is 5.75 Å². The number of carbonyl (C=O) groups excluding carboxylic acids is 1. The van der Waals surface area contributed by atoms with Crippen LogP contribution in [0.4, 0.5) is 5.69 Å². The maximum absolute atomic E-state index is 12.2. The monoisotopic (exact) mass is 406 g/mol. The van der Waals surface area contributed by atoms with Crippen molar-refractivity contribution < 1.29 is 22.7 Å². The highest BCUT2D eigenvalue weighted by Crippen LogP contribution is 2.15. The summed E-state index contributed by atoms with van der Waals surface area (Å²) in [6.07, 6.45) is 0.817. The number of nitrogens with one attached hydrogen (secondary N) is 2. The minimum Gasteiger partial charge on any atom is -0.497 e. The van der Waals surface area contributed by atoms with Gasteiger partial charge in [0.05, 0.1) is 18.4 Å². The van der Waals surface area contributed by atoms with E-state index in [0.29, 0.717) is 31.9 Å². The predicted octanol–water partition coefficient (Wildman–Crippen LogP) is 2.58. The summed E-state index contributed by atoms with van der Waals surface area (Å²) < 4.78 is 37.3. The second kappa shape index (κ2) is 10.8. The van der Waals surface area contributed by atoms with Crippen molar-refractivity contribution in [2.45, 2.75) is 24.7 Å². The van der Waals surface area contributed by atoms with Crippen molar-refractivity contribution in [3.05, 3.63) is 54.1 Å². The Morgan fingerprint density at radius 1 is 1.04 bits per heavy atom. The van der Waals surface area contributed by atoms with Crippen molar-refractivity contribution >= 4 is 21.6 Å². The van der Waals surface area contributed by atoms with Gasteiger partial charge in [-0.15, -0.1) is 0 Å². The number of hydrogen-bond donors (Lipinski definition) is 2. The average molecular weight is 407 g/mol. The number of hydrogen-bond acceptors (Lipinski definition) is 5. The molecule has 0 aliphatic rings. The van der Waals surface area contributed by atoms with E-state index in [2.05, 4.69) is 10.0 Å². The molecule has 2 N–H and O–H groups in total. The normalized spacial score (nSPS) is 11.2. The lowest BCUT2D eigenvalue weighted by molar-refractivity contribution is -0.115. The van der Waals surface area contributed by atoms with Crippen LogP contribution >= 0.6 is 0 Å². The van der Waals surface area contributed by atoms with Gasteiger partial charge in [0.15, 0.2) is 0 Å². The SMILES string of the molecule is CCOCCCNS(=O)(=O)c1ccc(NC(=O)Cc2ccc(OC)cc2)cc1. The number of amides is 1. The van der Waals surface area contributed by atoms with Crippen LogP contribution in [0, 0.1) is 0 Å². The minimum absolute atomic E-state index is 0.150. The van der Waals surface area contributed by atoms with Gasteiger partial charge in [-0.2, -0.15) is 0 Å². The number of rotatable bonds is 11. The molecular weight excluding hydrogens is 380 g/mol. The molecule has 0 bridgehead atoms. The third-order valence-electron chi connectivity index (χ3n) is 3.93. The number of methoxy groups -OCH3 is 1. The zero-order valence-corrected chi connectivity index (χ0v) is 16.9. The molecule has 1 amide bonds. The largest absolute Gasteiger partial charge is 0.497 e. The molecule has 0 atom stereocenters. The van der Waals surface area contributed by atoms with Crippen molar-refractivity contribution in [1.29, 1.82) is 0 Å². The maximum Gasteiger partial charge on any atom is 0.240 e. The van der Waals surface area contributed by atoms with Gasteiger partial charge in [0.2, 0.25) is 15.9 Å². The second-order valence-electron chi connectivity index (χ2n) is 6.05. The third kappa shape index (κ3) is 6.95. The zero-order valence-electron chi connectivity index (χ0n) is 16.1. The van der Waals surface area contributed by atoms with Crippen LogP contribution in [0.25, 0.3) is 0 Å². The van der Waals surface area contributed by atoms with Gasteiger partial charge in [0.25, 0.3) is 0 Å². The van der Waals surface area contributed by atoms with Crippen LogP contribution in [0.2, 0.25) is 0 Å². The molecule has 0 radical (unpaired) electrons. The molecule has 2 aromatic carbocycles. The standard InChI is InChI=1S/C20H26N2O5S/c1-3-27-14-4-13-21-28(24,25)19-11-7-17(8-12-19)22-20(23)15-16-5-9-18(26-2)10-6-16/h5-12,21H,3-4,13-15H2,1-2H3,(H,22,23). The van der Waals surface area contributed by atoms with E-state index < -0.39 is 10.0 Å². The average Bonchev–Trinajstić information content (AvgIpc) is 2.68. The number of sulfonamides is 1. The highest BCUT2D eigenvalue weighted by molar-refractivity contribution is 7.89. The number of benzene rings is 2. The first-order valence-corrected chi connectivity index (χ1v) is 10.5. The summed E-state index contributed by atoms with van der Waals surface area (Å²) in [5.41, 5.74) is 1.39. The van der Waals surface area contributed by atoms with Gasteiger partial charge in [-0.25, -0.2) is 13.1 Å². The predicted molar refractivity (Wildman–Crippen MR) is 108 cm³/mol. The van der Waals surface area contributed by atoms with Crippen LogP contribution in [0.15, 0.2) is 53.4 Å². The van der Waals surface area contributed by atoms with Gasteiger partial charge in [-0.1, -0.05) is 12.1 Å². The number of ether oxygens (including phenoxy) is 2. The smallest absolute Gasteiger partial charge is 0.240 e. The van der Waals surface area contributed by atoms with E-state index in [1.54, 1.807) is 31.4 Å². The quantitative estimate of drug-likeness (QED) is 0.560. The Morgan fingerprint density at radius 3 is 2.32 bits per heavy atom. The Kier molecular flexibility index (Phi) is 8.43. The summed E-state index contributed by atoms with van der Waals surface area (Å²) in [4.78, 5) is 12.3. The summed E-state index contributed by atoms with van der Waals surface area (Å²) in [6.45, 7) is 3.32. The van der Waals surface area contributed by atoms with E-state index in [1.165, 1.54) is 12.1 Å². The fourth-order valence-electron chi connectivity index (χ4n) is 2.46. The maximum atomic E-state index is 12.2. The summed E-state index contributed by atoms with van der Waals surface area (Å²) in [5, 5.41) is 2.76. The molecule has 0 heterocycles. The second-order valence-corrected chi connectivity index (χ2v) is 7.81. The van der Waals surface area contributed by atoms with E-state index in [9.17, 15) is 13.2 Å². The van der Waals surface area contributed by atoms with E-state index in [1.807, 2.05) is 19.1 Å². The molecule has 0 aliphatic heterocycles. The van der Waals surface area contributed by atoms with Gasteiger partial charge in [-0.3, -0.25) is 4.79 Å². The third-order valence-corrected chi connectivity index (χ3v) is 5.41. The van der Waals surface area contributed by atoms with Crippen LogP contribution in [0.3, 0.4) is 0 Å². The Labute approximate surface area is 166 Å². The molecule has 2 rings (SSSR count). The van der Waals surface area contributed by atoms with Gasteiger partial charge in [0, 0.05) is 25.4 Å². The molecule has 0 aliphatic carbocycles. The Morgan fingerprint density at radius 2 is 1.71 bits per heavy atom. The first-order chi connectivity index (χ1) is 13.4. The van der Waals surface area contributed by atoms with Crippen molar-refractivity contribution in [3.8, 4) is 5.75 Å². The molecule has 7 nitrogen and oxygen atoms in total. The Hall–Kier alpha value is -2.42. The Bertz CT molecular complexity index is 849. The highest BCUT2D eigenvalue weighted by atomic mass is 32.2. The van der Waals surface area contributed by atoms with Crippen molar-refractivity contribution in [2.75, 3.05) is 32.2 Å². The highest BCUT2D eigenvalue weighted by Gasteiger charge is 2.13. The van der Waals surface area contributed by atoms with E-state index in [0.717, 1.165) is 11.3 Å². The van der Waals surface area contributed by atoms with Crippen LogP contribution in [-0.4, -0.2) is 41.2 Å². The molecule has 28 heavy (non-hydrogen) atoms. The summed E-state index contributed by atoms with van der Waals surface area (Å²) >= 11 is 0. The van der Waals surface area contributed by atoms with Crippen LogP contribution < -0.4 is 14.8 Å². The zero-order chi connectivity index (χ0) is 20.4. The molecule has 152 valence electrons. The molecular formula is C20H26N2O5S. The molecule has 0 spiro atoms. The molecule has 0 saturated carbocycles. The lowest BCUT2D eigenvalue weighted by Crippen LogP contribution is -2.25. The summed E-state index contributed by atoms with van der Waals surface area (Å²) in [7, 11) is -1.99. The summed E-state index contributed by atoms with van der Waals surface area (Å²) in [6, 6.07) is 13.3. The van der Waals surface area contributed by atoms with E-state index >= 15 is 0 Å². The molecule has 0 unspecified atom stereocenters. The Balaban J connectivity index is 1.87. The minimum atomic E-state index is -3.58. The lowest BCUT2D eigenvalue weighted by atomic mass is 10.1. The van der Waals surface area contributed by atoms with Crippen LogP contribution in [0.1, 0.15) is 18.9 Å². The van der Waals surface area contributed by atoms with Gasteiger partial charge in [-0.05, 0) is 55.3 Å². The van der Waals surface area contributed by atoms with E-state index in [-0.39, 0.29) is 17.2 Å². The molecule has 0 saturated heterocycles. The topological polar surface area (TPSA) is 93.7 Å². The number of carbonyl (C=O) groups is 1. The van der Waals surface area contributed by atoms with Crippen molar-refractivity contribution in [1.82, 2.24) is 4.72 Å². The molecule has 0 fully saturated rings. The number of anilines is 1. The van der Waals surface area contributed by atoms with Crippen molar-refractivity contribution in [2.24, 2.45) is 0 Å². The van der Waals surface area contributed by atoms with Crippen LogP contribution in [0.5, 0.6) is 5.75 Å². The van der Waals surface area contributed by atoms with Crippen LogP contribution in [-0.2, 0) is 26.0 Å².